The summed E-state index contributed by atoms with van der Waals surface area (Å²) in [6, 6.07) is 13.7. The fourth-order valence-electron chi connectivity index (χ4n) is 4.26. The molecule has 2 aliphatic heterocycles. The summed E-state index contributed by atoms with van der Waals surface area (Å²) in [5, 5.41) is 2.77. The summed E-state index contributed by atoms with van der Waals surface area (Å²) >= 11 is 0. The van der Waals surface area contributed by atoms with Crippen LogP contribution in [0.4, 0.5) is 13.6 Å². The van der Waals surface area contributed by atoms with E-state index in [0.29, 0.717) is 18.7 Å². The number of carbonyl (C=O) groups is 1. The van der Waals surface area contributed by atoms with Crippen molar-refractivity contribution in [1.82, 2.24) is 15.1 Å². The van der Waals surface area contributed by atoms with Gasteiger partial charge in [0.05, 0.1) is 5.54 Å². The molecule has 2 aromatic carbocycles. The van der Waals surface area contributed by atoms with Crippen LogP contribution in [0.3, 0.4) is 0 Å². The number of hydrogen-bond donors (Lipinski definition) is 2. The van der Waals surface area contributed by atoms with Gasteiger partial charge in [0.2, 0.25) is 0 Å². The normalized spacial score (nSPS) is 24.4. The molecule has 2 atom stereocenters. The molecule has 7 heteroatoms. The quantitative estimate of drug-likeness (QED) is 0.848. The highest BCUT2D eigenvalue weighted by Gasteiger charge is 2.50. The molecular formula is C21H24F2N4O. The molecule has 5 nitrogen and oxygen atoms in total. The highest BCUT2D eigenvalue weighted by Crippen LogP contribution is 2.33. The van der Waals surface area contributed by atoms with Gasteiger partial charge in [0.25, 0.3) is 0 Å². The third-order valence-electron chi connectivity index (χ3n) is 5.70. The summed E-state index contributed by atoms with van der Waals surface area (Å²) in [6.45, 7) is 3.71. The molecular weight excluding hydrogens is 362 g/mol. The van der Waals surface area contributed by atoms with E-state index in [2.05, 4.69) is 22.3 Å². The Labute approximate surface area is 163 Å². The van der Waals surface area contributed by atoms with Gasteiger partial charge < -0.3 is 16.0 Å². The van der Waals surface area contributed by atoms with E-state index < -0.39 is 17.2 Å². The van der Waals surface area contributed by atoms with E-state index in [0.717, 1.165) is 31.8 Å². The minimum Gasteiger partial charge on any atom is -0.334 e. The van der Waals surface area contributed by atoms with Gasteiger partial charge in [-0.3, -0.25) is 4.90 Å². The number of likely N-dealkylation sites (tertiary alicyclic amines) is 2. The molecule has 0 aromatic heterocycles. The second-order valence-electron chi connectivity index (χ2n) is 7.87. The average Bonchev–Trinajstić information content (AvgIpc) is 3.14. The predicted octanol–water partition coefficient (Wildman–Crippen LogP) is 2.32. The maximum atomic E-state index is 13.3. The largest absolute Gasteiger partial charge is 0.334 e. The molecule has 2 aliphatic rings. The van der Waals surface area contributed by atoms with Crippen LogP contribution in [0.15, 0.2) is 48.5 Å². The van der Waals surface area contributed by atoms with Crippen LogP contribution in [0, 0.1) is 17.6 Å². The van der Waals surface area contributed by atoms with Crippen LogP contribution in [-0.2, 0) is 13.1 Å². The van der Waals surface area contributed by atoms with Gasteiger partial charge in [-0.05, 0) is 23.3 Å². The zero-order chi connectivity index (χ0) is 19.7. The minimum atomic E-state index is -0.915. The Bertz CT molecular complexity index is 863. The van der Waals surface area contributed by atoms with Crippen molar-refractivity contribution in [2.45, 2.75) is 18.6 Å². The van der Waals surface area contributed by atoms with E-state index in [1.54, 1.807) is 4.90 Å². The van der Waals surface area contributed by atoms with E-state index >= 15 is 0 Å². The monoisotopic (exact) mass is 386 g/mol. The number of benzene rings is 2. The number of amides is 2. The number of rotatable bonds is 4. The SMILES string of the molecule is NC12CN(Cc3ccccc3)CC1CN(C(=O)NCc1ccc(F)c(F)c1)C2. The molecule has 4 rings (SSSR count). The molecule has 2 aromatic rings. The topological polar surface area (TPSA) is 61.6 Å². The Morgan fingerprint density at radius 3 is 2.57 bits per heavy atom. The first-order chi connectivity index (χ1) is 13.4. The van der Waals surface area contributed by atoms with Crippen LogP contribution in [0.2, 0.25) is 0 Å². The Kier molecular flexibility index (Phi) is 5.03. The second-order valence-corrected chi connectivity index (χ2v) is 7.87. The van der Waals surface area contributed by atoms with Gasteiger partial charge >= 0.3 is 6.03 Å². The Morgan fingerprint density at radius 2 is 1.86 bits per heavy atom. The lowest BCUT2D eigenvalue weighted by molar-refractivity contribution is 0.196. The van der Waals surface area contributed by atoms with Gasteiger partial charge in [0.1, 0.15) is 0 Å². The van der Waals surface area contributed by atoms with Crippen molar-refractivity contribution in [3.05, 3.63) is 71.3 Å². The van der Waals surface area contributed by atoms with Gasteiger partial charge in [0, 0.05) is 45.2 Å². The molecule has 2 unspecified atom stereocenters. The van der Waals surface area contributed by atoms with Crippen molar-refractivity contribution >= 4 is 6.03 Å². The van der Waals surface area contributed by atoms with Crippen molar-refractivity contribution in [2.24, 2.45) is 11.7 Å². The van der Waals surface area contributed by atoms with Crippen LogP contribution in [0.25, 0.3) is 0 Å². The summed E-state index contributed by atoms with van der Waals surface area (Å²) in [7, 11) is 0. The molecule has 28 heavy (non-hydrogen) atoms. The number of nitrogens with one attached hydrogen (secondary N) is 1. The summed E-state index contributed by atoms with van der Waals surface area (Å²) in [5.74, 6) is -1.58. The predicted molar refractivity (Wildman–Crippen MR) is 102 cm³/mol. The number of urea groups is 1. The highest BCUT2D eigenvalue weighted by atomic mass is 19.2. The van der Waals surface area contributed by atoms with Crippen LogP contribution in [-0.4, -0.2) is 47.5 Å². The van der Waals surface area contributed by atoms with Gasteiger partial charge in [-0.1, -0.05) is 36.4 Å². The van der Waals surface area contributed by atoms with Crippen molar-refractivity contribution in [1.29, 1.82) is 0 Å². The Morgan fingerprint density at radius 1 is 1.07 bits per heavy atom. The minimum absolute atomic E-state index is 0.148. The zero-order valence-corrected chi connectivity index (χ0v) is 15.6. The van der Waals surface area contributed by atoms with E-state index in [9.17, 15) is 13.6 Å². The lowest BCUT2D eigenvalue weighted by Crippen LogP contribution is -2.50. The maximum Gasteiger partial charge on any atom is 0.317 e. The number of hydrogen-bond acceptors (Lipinski definition) is 3. The number of halogens is 2. The molecule has 0 aliphatic carbocycles. The molecule has 0 spiro atoms. The molecule has 2 heterocycles. The number of nitrogens with zero attached hydrogens (tertiary/aromatic N) is 2. The Balaban J connectivity index is 1.30. The van der Waals surface area contributed by atoms with Crippen LogP contribution in [0.1, 0.15) is 11.1 Å². The molecule has 0 saturated carbocycles. The summed E-state index contributed by atoms with van der Waals surface area (Å²) in [4.78, 5) is 16.6. The molecule has 148 valence electrons. The van der Waals surface area contributed by atoms with Crippen molar-refractivity contribution in [3.63, 3.8) is 0 Å². The first-order valence-corrected chi connectivity index (χ1v) is 9.45. The first kappa shape index (κ1) is 18.8. The van der Waals surface area contributed by atoms with Gasteiger partial charge in [-0.15, -0.1) is 0 Å². The summed E-state index contributed by atoms with van der Waals surface area (Å²) < 4.78 is 26.3. The highest BCUT2D eigenvalue weighted by molar-refractivity contribution is 5.74. The van der Waals surface area contributed by atoms with Crippen LogP contribution in [0.5, 0.6) is 0 Å². The lowest BCUT2D eigenvalue weighted by Gasteiger charge is -2.25. The molecule has 2 amide bonds. The smallest absolute Gasteiger partial charge is 0.317 e. The fourth-order valence-corrected chi connectivity index (χ4v) is 4.26. The van der Waals surface area contributed by atoms with Crippen LogP contribution < -0.4 is 11.1 Å². The molecule has 2 fully saturated rings. The van der Waals surface area contributed by atoms with Gasteiger partial charge in [-0.25, -0.2) is 13.6 Å². The van der Waals surface area contributed by atoms with Gasteiger partial charge in [-0.2, -0.15) is 0 Å². The van der Waals surface area contributed by atoms with E-state index in [-0.39, 0.29) is 18.5 Å². The Hall–Kier alpha value is -2.51. The third kappa shape index (κ3) is 3.86. The fraction of sp³-hybridized carbons (Fsp3) is 0.381. The summed E-state index contributed by atoms with van der Waals surface area (Å²) in [5.41, 5.74) is 7.99. The number of fused-ring (bicyclic) bond motifs is 1. The third-order valence-corrected chi connectivity index (χ3v) is 5.70. The van der Waals surface area contributed by atoms with Crippen LogP contribution >= 0.6 is 0 Å². The van der Waals surface area contributed by atoms with Crippen molar-refractivity contribution in [2.75, 3.05) is 26.2 Å². The van der Waals surface area contributed by atoms with Crippen molar-refractivity contribution < 1.29 is 13.6 Å². The maximum absolute atomic E-state index is 13.3. The second kappa shape index (κ2) is 7.48. The zero-order valence-electron chi connectivity index (χ0n) is 15.6. The summed E-state index contributed by atoms with van der Waals surface area (Å²) in [6.07, 6.45) is 0. The van der Waals surface area contributed by atoms with E-state index in [4.69, 9.17) is 5.73 Å². The molecule has 2 saturated heterocycles. The van der Waals surface area contributed by atoms with E-state index in [1.807, 2.05) is 18.2 Å². The first-order valence-electron chi connectivity index (χ1n) is 9.45. The molecule has 0 radical (unpaired) electrons. The van der Waals surface area contributed by atoms with Crippen molar-refractivity contribution in [3.8, 4) is 0 Å². The average molecular weight is 386 g/mol. The standard InChI is InChI=1S/C21H24F2N4O/c22-18-7-6-16(8-19(18)23)9-25-20(28)27-12-17-11-26(13-21(17,24)14-27)10-15-4-2-1-3-5-15/h1-8,17H,9-14,24H2,(H,25,28). The molecule has 0 bridgehead atoms. The molecule has 3 N–H and O–H groups in total. The van der Waals surface area contributed by atoms with E-state index in [1.165, 1.54) is 11.6 Å². The number of carbonyl (C=O) groups excluding carboxylic acids is 1. The van der Waals surface area contributed by atoms with Gasteiger partial charge in [0.15, 0.2) is 11.6 Å². The lowest BCUT2D eigenvalue weighted by atomic mass is 9.92. The number of nitrogens with two attached hydrogens (primary N) is 1.